The molecule has 8 N–H and O–H groups in total. The summed E-state index contributed by atoms with van der Waals surface area (Å²) in [6.07, 6.45) is 14.4. The molecule has 4 rings (SSSR count). The monoisotopic (exact) mass is 1100 g/mol. The van der Waals surface area contributed by atoms with Crippen LogP contribution in [0, 0.1) is 11.8 Å². The van der Waals surface area contributed by atoms with Gasteiger partial charge in [0.25, 0.3) is 0 Å². The zero-order valence-electron chi connectivity index (χ0n) is 39.2. The molecule has 0 aromatic heterocycles. The summed E-state index contributed by atoms with van der Waals surface area (Å²) in [5.41, 5.74) is 18.9. The Labute approximate surface area is 395 Å². The number of halogens is 2. The molecule has 4 atom stereocenters. The van der Waals surface area contributed by atoms with Crippen LogP contribution in [0.15, 0.2) is 59.7 Å². The van der Waals surface area contributed by atoms with Crippen LogP contribution in [0.4, 0.5) is 0 Å². The number of phenols is 4. The van der Waals surface area contributed by atoms with Gasteiger partial charge in [0.15, 0.2) is 0 Å². The van der Waals surface area contributed by atoms with E-state index < -0.39 is 28.4 Å². The Bertz CT molecular complexity index is 1720. The molecule has 2 aliphatic rings. The van der Waals surface area contributed by atoms with Gasteiger partial charge in [-0.15, -0.1) is 12.1 Å². The fraction of sp³-hybridized carbons (Fsp3) is 0.560. The second kappa shape index (κ2) is 30.8. The summed E-state index contributed by atoms with van der Waals surface area (Å²) < 4.78 is 0. The van der Waals surface area contributed by atoms with Gasteiger partial charge in [-0.25, -0.2) is 9.59 Å². The molecule has 0 amide bonds. The van der Waals surface area contributed by atoms with Gasteiger partial charge in [0.05, 0.1) is 0 Å². The first-order chi connectivity index (χ1) is 29.4. The van der Waals surface area contributed by atoms with Crippen molar-refractivity contribution < 1.29 is 56.7 Å². The van der Waals surface area contributed by atoms with Crippen LogP contribution in [0.2, 0.25) is 0 Å². The summed E-state index contributed by atoms with van der Waals surface area (Å²) in [4.78, 5) is 23.7. The molecule has 0 saturated carbocycles. The van der Waals surface area contributed by atoms with Gasteiger partial charge in [-0.1, -0.05) is 115 Å². The average Bonchev–Trinajstić information content (AvgIpc) is 3.14. The molecule has 0 heterocycles. The van der Waals surface area contributed by atoms with Crippen LogP contribution >= 0.6 is 18.8 Å². The SMILES string of the molecule is C=C(C)C1CCC(C)=CC1c1c(O)cc(CCCCC)c(C(=O)O)c1O.C=C(C)C1CCC(C)=CC1c1c(O)cc(CCCCC)c(C(=O)O)c1O.CC(C)[NH-].CC(C)[NH-].[Cl][Pt+2][Cl]. The number of phenolic OH excluding ortho intramolecular Hbond substituents is 2. The third-order valence-corrected chi connectivity index (χ3v) is 10.8. The van der Waals surface area contributed by atoms with Gasteiger partial charge in [-0.2, -0.15) is 0 Å². The van der Waals surface area contributed by atoms with E-state index in [1.165, 1.54) is 23.3 Å². The normalized spacial score (nSPS) is 17.9. The molecular formula is C50H76Cl2N2O8Pt. The Morgan fingerprint density at radius 3 is 1.21 bits per heavy atom. The third-order valence-electron chi connectivity index (χ3n) is 10.8. The molecule has 0 bridgehead atoms. The maximum atomic E-state index is 11.8. The van der Waals surface area contributed by atoms with E-state index in [0.717, 1.165) is 75.4 Å². The van der Waals surface area contributed by atoms with Crippen molar-refractivity contribution in [2.75, 3.05) is 0 Å². The van der Waals surface area contributed by atoms with Crippen LogP contribution < -0.4 is 0 Å². The summed E-state index contributed by atoms with van der Waals surface area (Å²) in [5, 5.41) is 62.3. The van der Waals surface area contributed by atoms with Crippen molar-refractivity contribution in [2.45, 2.75) is 170 Å². The molecule has 0 saturated heterocycles. The van der Waals surface area contributed by atoms with Gasteiger partial charge in [0.1, 0.15) is 34.1 Å². The van der Waals surface area contributed by atoms with Crippen LogP contribution in [-0.2, 0) is 29.3 Å². The van der Waals surface area contributed by atoms with Crippen LogP contribution in [0.5, 0.6) is 23.0 Å². The standard InChI is InChI=1S/2C22H30O4.2C3H8N.2ClH.Pt/c2*1-5-6-7-8-15-12-18(23)20(21(24)19(15)22(25)26)17-11-14(4)9-10-16(17)13(2)3;2*1-3(2)4;;;/h2*11-12,16-17,23-24H,2,5-10H2,1,3-4H3,(H,25,26);2*3-4H,1-2H3;2*1H;/q;;2*-1;;;+4/p-2. The van der Waals surface area contributed by atoms with Crippen LogP contribution in [0.3, 0.4) is 0 Å². The number of carbonyl (C=O) groups is 2. The number of aromatic hydroxyl groups is 4. The number of carboxylic acid groups (broad SMARTS) is 2. The molecule has 0 radical (unpaired) electrons. The topological polar surface area (TPSA) is 203 Å². The first kappa shape index (κ1) is 59.7. The number of hydrogen-bond donors (Lipinski definition) is 6. The molecule has 4 unspecified atom stereocenters. The fourth-order valence-corrected chi connectivity index (χ4v) is 7.92. The summed E-state index contributed by atoms with van der Waals surface area (Å²) in [6.45, 7) is 27.5. The van der Waals surface area contributed by atoms with Crippen molar-refractivity contribution in [1.82, 2.24) is 0 Å². The summed E-state index contributed by atoms with van der Waals surface area (Å²) in [7, 11) is 9.75. The van der Waals surface area contributed by atoms with Crippen LogP contribution in [0.25, 0.3) is 11.5 Å². The predicted molar refractivity (Wildman–Crippen MR) is 259 cm³/mol. The first-order valence-corrected chi connectivity index (χ1v) is 27.6. The van der Waals surface area contributed by atoms with Gasteiger partial charge in [-0.05, 0) is 114 Å². The molecule has 2 aromatic carbocycles. The average molecular weight is 1100 g/mol. The molecule has 358 valence electrons. The molecule has 13 heteroatoms. The van der Waals surface area contributed by atoms with Crippen LogP contribution in [-0.4, -0.2) is 54.7 Å². The van der Waals surface area contributed by atoms with Gasteiger partial charge in [0, 0.05) is 23.0 Å². The number of rotatable bonds is 14. The fourth-order valence-electron chi connectivity index (χ4n) is 7.92. The molecule has 63 heavy (non-hydrogen) atoms. The molecule has 0 spiro atoms. The second-order valence-corrected chi connectivity index (χ2v) is 20.6. The van der Waals surface area contributed by atoms with E-state index in [9.17, 15) is 40.2 Å². The van der Waals surface area contributed by atoms with Gasteiger partial charge in [0.2, 0.25) is 0 Å². The van der Waals surface area contributed by atoms with E-state index >= 15 is 0 Å². The number of allylic oxidation sites excluding steroid dienone is 6. The van der Waals surface area contributed by atoms with Crippen molar-refractivity contribution in [1.29, 1.82) is 0 Å². The minimum absolute atomic E-state index is 0.0267. The molecule has 2 aliphatic carbocycles. The number of nitrogens with one attached hydrogen (secondary N) is 2. The van der Waals surface area contributed by atoms with Crippen molar-refractivity contribution in [3.63, 3.8) is 0 Å². The molecule has 0 fully saturated rings. The zero-order valence-corrected chi connectivity index (χ0v) is 43.0. The summed E-state index contributed by atoms with van der Waals surface area (Å²) >= 11 is -0.472. The Morgan fingerprint density at radius 1 is 0.683 bits per heavy atom. The molecule has 10 nitrogen and oxygen atoms in total. The quantitative estimate of drug-likeness (QED) is 0.0792. The Morgan fingerprint density at radius 2 is 0.968 bits per heavy atom. The number of hydrogen-bond acceptors (Lipinski definition) is 6. The predicted octanol–water partition coefficient (Wildman–Crippen LogP) is 15.4. The van der Waals surface area contributed by atoms with Crippen molar-refractivity contribution in [3.05, 3.63) is 105 Å². The Kier molecular flexibility index (Phi) is 29.2. The Balaban J connectivity index is 0.000000989. The van der Waals surface area contributed by atoms with Gasteiger partial charge in [-0.3, -0.25) is 0 Å². The zero-order chi connectivity index (χ0) is 48.7. The van der Waals surface area contributed by atoms with E-state index in [-0.39, 0.29) is 69.9 Å². The van der Waals surface area contributed by atoms with Crippen molar-refractivity contribution in [3.8, 4) is 23.0 Å². The Hall–Kier alpha value is -3.27. The molecule has 0 aliphatic heterocycles. The number of unbranched alkanes of at least 4 members (excludes halogenated alkanes) is 4. The minimum atomic E-state index is -1.15. The first-order valence-electron chi connectivity index (χ1n) is 21.9. The van der Waals surface area contributed by atoms with E-state index in [1.807, 2.05) is 67.5 Å². The number of aryl methyl sites for hydroxylation is 2. The molecule has 2 aromatic rings. The van der Waals surface area contributed by atoms with Gasteiger partial charge >= 0.3 is 47.3 Å². The van der Waals surface area contributed by atoms with E-state index in [2.05, 4.69) is 27.0 Å². The van der Waals surface area contributed by atoms with Crippen molar-refractivity contribution in [2.24, 2.45) is 11.8 Å². The molecular weight excluding hydrogens is 1020 g/mol. The third kappa shape index (κ3) is 20.2. The van der Waals surface area contributed by atoms with Gasteiger partial charge < -0.3 is 42.1 Å². The van der Waals surface area contributed by atoms with E-state index in [4.69, 9.17) is 30.3 Å². The maximum absolute atomic E-state index is 11.8. The van der Waals surface area contributed by atoms with Crippen LogP contribution in [0.1, 0.15) is 188 Å². The van der Waals surface area contributed by atoms with E-state index in [0.29, 0.717) is 35.1 Å². The summed E-state index contributed by atoms with van der Waals surface area (Å²) in [6, 6.07) is 3.23. The second-order valence-electron chi connectivity index (χ2n) is 17.3. The van der Waals surface area contributed by atoms with E-state index in [1.54, 1.807) is 0 Å². The number of benzene rings is 2. The van der Waals surface area contributed by atoms with Crippen molar-refractivity contribution >= 4 is 30.8 Å². The number of carboxylic acids is 2. The number of aromatic carboxylic acids is 2. The summed E-state index contributed by atoms with van der Waals surface area (Å²) in [5.74, 6) is -3.34.